The topological polar surface area (TPSA) is 30.5 Å². The molecule has 0 amide bonds. The first-order chi connectivity index (χ1) is 9.96. The highest BCUT2D eigenvalue weighted by atomic mass is 16.5. The Balaban J connectivity index is 2.35. The molecule has 21 heavy (non-hydrogen) atoms. The summed E-state index contributed by atoms with van der Waals surface area (Å²) in [5.41, 5.74) is 6.64. The molecule has 0 bridgehead atoms. The molecule has 0 aliphatic heterocycles. The number of benzene rings is 2. The molecule has 0 unspecified atom stereocenters. The minimum Gasteiger partial charge on any atom is -0.496 e. The van der Waals surface area contributed by atoms with Gasteiger partial charge in [-0.2, -0.15) is 0 Å². The van der Waals surface area contributed by atoms with Crippen molar-refractivity contribution in [2.75, 3.05) is 19.5 Å². The zero-order valence-corrected chi connectivity index (χ0v) is 13.6. The Bertz CT molecular complexity index is 559. The first-order valence-electron chi connectivity index (χ1n) is 7.03. The number of methoxy groups -OCH3 is 2. The third kappa shape index (κ3) is 3.13. The highest BCUT2D eigenvalue weighted by Crippen LogP contribution is 2.31. The lowest BCUT2D eigenvalue weighted by atomic mass is 10.1. The van der Waals surface area contributed by atoms with Gasteiger partial charge in [-0.3, -0.25) is 0 Å². The van der Waals surface area contributed by atoms with Crippen LogP contribution in [0.4, 0.5) is 11.4 Å². The maximum atomic E-state index is 5.41. The summed E-state index contributed by atoms with van der Waals surface area (Å²) in [6.45, 7) is 8.23. The van der Waals surface area contributed by atoms with Gasteiger partial charge in [0.1, 0.15) is 11.5 Å². The van der Waals surface area contributed by atoms with Crippen LogP contribution in [0.1, 0.15) is 22.3 Å². The van der Waals surface area contributed by atoms with Crippen molar-refractivity contribution in [3.63, 3.8) is 0 Å². The van der Waals surface area contributed by atoms with Gasteiger partial charge in [0.25, 0.3) is 0 Å². The Hall–Kier alpha value is -2.16. The fourth-order valence-electron chi connectivity index (χ4n) is 2.86. The van der Waals surface area contributed by atoms with E-state index in [1.165, 1.54) is 0 Å². The molecule has 0 spiro atoms. The number of nitrogens with one attached hydrogen (secondary N) is 1. The second-order valence-corrected chi connectivity index (χ2v) is 5.41. The third-order valence-corrected chi connectivity index (χ3v) is 3.62. The second-order valence-electron chi connectivity index (χ2n) is 5.41. The molecule has 1 N–H and O–H groups in total. The third-order valence-electron chi connectivity index (χ3n) is 3.62. The van der Waals surface area contributed by atoms with E-state index in [4.69, 9.17) is 9.47 Å². The lowest BCUT2D eigenvalue weighted by Crippen LogP contribution is -1.98. The molecule has 0 saturated carbocycles. The van der Waals surface area contributed by atoms with Gasteiger partial charge in [0.15, 0.2) is 0 Å². The zero-order chi connectivity index (χ0) is 15.6. The van der Waals surface area contributed by atoms with Crippen molar-refractivity contribution in [1.29, 1.82) is 0 Å². The number of hydrogen-bond acceptors (Lipinski definition) is 3. The second kappa shape index (κ2) is 6.08. The van der Waals surface area contributed by atoms with Crippen LogP contribution in [0, 0.1) is 27.7 Å². The van der Waals surface area contributed by atoms with Crippen LogP contribution >= 0.6 is 0 Å². The quantitative estimate of drug-likeness (QED) is 0.884. The summed E-state index contributed by atoms with van der Waals surface area (Å²) in [7, 11) is 3.41. The molecule has 0 aliphatic carbocycles. The van der Waals surface area contributed by atoms with Gasteiger partial charge in [0, 0.05) is 11.4 Å². The first kappa shape index (κ1) is 15.2. The molecule has 2 aromatic rings. The monoisotopic (exact) mass is 285 g/mol. The average Bonchev–Trinajstić information content (AvgIpc) is 2.38. The van der Waals surface area contributed by atoms with Gasteiger partial charge in [-0.15, -0.1) is 0 Å². The Morgan fingerprint density at radius 3 is 1.14 bits per heavy atom. The van der Waals surface area contributed by atoms with Crippen LogP contribution in [0.2, 0.25) is 0 Å². The molecule has 3 nitrogen and oxygen atoms in total. The lowest BCUT2D eigenvalue weighted by molar-refractivity contribution is 0.408. The van der Waals surface area contributed by atoms with Crippen LogP contribution in [-0.2, 0) is 0 Å². The molecular weight excluding hydrogens is 262 g/mol. The Morgan fingerprint density at radius 1 is 0.619 bits per heavy atom. The SMILES string of the molecule is COc1c(C)cc(Nc2cc(C)c(OC)c(C)c2)cc1C. The van der Waals surface area contributed by atoms with E-state index in [1.807, 2.05) is 0 Å². The number of anilines is 2. The average molecular weight is 285 g/mol. The fourth-order valence-corrected chi connectivity index (χ4v) is 2.86. The van der Waals surface area contributed by atoms with Crippen LogP contribution < -0.4 is 14.8 Å². The molecule has 0 fully saturated rings. The molecule has 2 aromatic carbocycles. The summed E-state index contributed by atoms with van der Waals surface area (Å²) in [6.07, 6.45) is 0. The number of hydrogen-bond donors (Lipinski definition) is 1. The predicted molar refractivity (Wildman–Crippen MR) is 88.2 cm³/mol. The van der Waals surface area contributed by atoms with Crippen LogP contribution in [0.3, 0.4) is 0 Å². The summed E-state index contributed by atoms with van der Waals surface area (Å²) in [5, 5.41) is 3.46. The molecule has 0 aromatic heterocycles. The molecular formula is C18H23NO2. The van der Waals surface area contributed by atoms with Crippen molar-refractivity contribution in [3.05, 3.63) is 46.5 Å². The normalized spacial score (nSPS) is 10.4. The highest BCUT2D eigenvalue weighted by molar-refractivity contribution is 5.66. The smallest absolute Gasteiger partial charge is 0.124 e. The van der Waals surface area contributed by atoms with Gasteiger partial charge in [-0.05, 0) is 74.2 Å². The predicted octanol–water partition coefficient (Wildman–Crippen LogP) is 4.68. The standard InChI is InChI=1S/C18H23NO2/c1-11-7-15(8-12(2)17(11)20-5)19-16-9-13(3)18(21-6)14(4)10-16/h7-10,19H,1-6H3. The number of aryl methyl sites for hydroxylation is 4. The molecule has 0 heterocycles. The van der Waals surface area contributed by atoms with Crippen molar-refractivity contribution in [1.82, 2.24) is 0 Å². The number of rotatable bonds is 4. The van der Waals surface area contributed by atoms with E-state index in [1.54, 1.807) is 14.2 Å². The molecule has 0 aliphatic rings. The van der Waals surface area contributed by atoms with E-state index in [0.29, 0.717) is 0 Å². The molecule has 2 rings (SSSR count). The highest BCUT2D eigenvalue weighted by Gasteiger charge is 2.08. The van der Waals surface area contributed by atoms with Gasteiger partial charge < -0.3 is 14.8 Å². The van der Waals surface area contributed by atoms with Crippen molar-refractivity contribution < 1.29 is 9.47 Å². The van der Waals surface area contributed by atoms with E-state index in [0.717, 1.165) is 45.1 Å². The van der Waals surface area contributed by atoms with Crippen LogP contribution in [0.15, 0.2) is 24.3 Å². The van der Waals surface area contributed by atoms with Crippen LogP contribution in [0.25, 0.3) is 0 Å². The summed E-state index contributed by atoms with van der Waals surface area (Å²) in [4.78, 5) is 0. The fraction of sp³-hybridized carbons (Fsp3) is 0.333. The minimum atomic E-state index is 0.947. The van der Waals surface area contributed by atoms with Crippen LogP contribution in [0.5, 0.6) is 11.5 Å². The summed E-state index contributed by atoms with van der Waals surface area (Å²) in [6, 6.07) is 8.39. The zero-order valence-electron chi connectivity index (χ0n) is 13.6. The van der Waals surface area contributed by atoms with Crippen LogP contribution in [-0.4, -0.2) is 14.2 Å². The minimum absolute atomic E-state index is 0.947. The van der Waals surface area contributed by atoms with E-state index >= 15 is 0 Å². The van der Waals surface area contributed by atoms with Crippen molar-refractivity contribution in [3.8, 4) is 11.5 Å². The van der Waals surface area contributed by atoms with E-state index in [2.05, 4.69) is 57.3 Å². The lowest BCUT2D eigenvalue weighted by Gasteiger charge is -2.15. The van der Waals surface area contributed by atoms with Gasteiger partial charge in [0.05, 0.1) is 14.2 Å². The summed E-state index contributed by atoms with van der Waals surface area (Å²) in [5.74, 6) is 1.89. The number of ether oxygens (including phenoxy) is 2. The largest absolute Gasteiger partial charge is 0.496 e. The molecule has 0 radical (unpaired) electrons. The van der Waals surface area contributed by atoms with Crippen molar-refractivity contribution in [2.24, 2.45) is 0 Å². The molecule has 112 valence electrons. The van der Waals surface area contributed by atoms with Gasteiger partial charge in [-0.25, -0.2) is 0 Å². The Labute approximate surface area is 126 Å². The summed E-state index contributed by atoms with van der Waals surface area (Å²) >= 11 is 0. The van der Waals surface area contributed by atoms with E-state index in [9.17, 15) is 0 Å². The van der Waals surface area contributed by atoms with Gasteiger partial charge in [-0.1, -0.05) is 0 Å². The first-order valence-corrected chi connectivity index (χ1v) is 7.03. The maximum absolute atomic E-state index is 5.41. The molecule has 3 heteroatoms. The van der Waals surface area contributed by atoms with Gasteiger partial charge in [0.2, 0.25) is 0 Å². The van der Waals surface area contributed by atoms with Crippen molar-refractivity contribution >= 4 is 11.4 Å². The van der Waals surface area contributed by atoms with Gasteiger partial charge >= 0.3 is 0 Å². The van der Waals surface area contributed by atoms with E-state index < -0.39 is 0 Å². The maximum Gasteiger partial charge on any atom is 0.124 e. The van der Waals surface area contributed by atoms with Crippen molar-refractivity contribution in [2.45, 2.75) is 27.7 Å². The van der Waals surface area contributed by atoms with E-state index in [-0.39, 0.29) is 0 Å². The Kier molecular flexibility index (Phi) is 4.41. The Morgan fingerprint density at radius 2 is 0.905 bits per heavy atom. The summed E-state index contributed by atoms with van der Waals surface area (Å²) < 4.78 is 10.8. The molecule has 0 atom stereocenters. The molecule has 0 saturated heterocycles.